The zero-order valence-electron chi connectivity index (χ0n) is 13.1. The molecule has 0 saturated heterocycles. The zero-order valence-corrected chi connectivity index (χ0v) is 13.1. The van der Waals surface area contributed by atoms with E-state index in [2.05, 4.69) is 5.32 Å². The second-order valence-corrected chi connectivity index (χ2v) is 6.39. The quantitative estimate of drug-likeness (QED) is 0.878. The number of carbonyl (C=O) groups excluding carboxylic acids is 1. The van der Waals surface area contributed by atoms with Crippen LogP contribution in [0.1, 0.15) is 52.5 Å². The zero-order chi connectivity index (χ0) is 17.7. The van der Waals surface area contributed by atoms with Gasteiger partial charge in [-0.05, 0) is 48.7 Å². The van der Waals surface area contributed by atoms with E-state index < -0.39 is 23.4 Å². The maximum Gasteiger partial charge on any atom is 0.416 e. The fourth-order valence-corrected chi connectivity index (χ4v) is 2.80. The Hall–Kier alpha value is -2.34. The van der Waals surface area contributed by atoms with Crippen LogP contribution in [0.5, 0.6) is 0 Å². The summed E-state index contributed by atoms with van der Waals surface area (Å²) in [6.45, 7) is 3.24. The molecule has 0 spiro atoms. The summed E-state index contributed by atoms with van der Waals surface area (Å²) in [5, 5.41) is 12.8. The van der Waals surface area contributed by atoms with Gasteiger partial charge in [0.15, 0.2) is 0 Å². The molecule has 1 aliphatic heterocycles. The summed E-state index contributed by atoms with van der Waals surface area (Å²) in [6.07, 6.45) is -4.39. The van der Waals surface area contributed by atoms with E-state index >= 15 is 0 Å². The molecule has 1 unspecified atom stereocenters. The van der Waals surface area contributed by atoms with Crippen LogP contribution in [-0.2, 0) is 11.8 Å². The van der Waals surface area contributed by atoms with E-state index in [0.29, 0.717) is 22.3 Å². The number of halogens is 3. The standard InChI is InChI=1S/C18H16F3NO2/c1-17(2,24)12-7-8-13-14(9-12)16(23)22-15(13)10-3-5-11(6-4-10)18(19,20)21/h3-9,15,24H,1-2H3,(H,22,23). The molecule has 1 heterocycles. The van der Waals surface area contributed by atoms with Gasteiger partial charge in [0, 0.05) is 5.56 Å². The number of hydrogen-bond donors (Lipinski definition) is 2. The number of alkyl halides is 3. The van der Waals surface area contributed by atoms with Gasteiger partial charge in [-0.3, -0.25) is 4.79 Å². The molecule has 1 amide bonds. The van der Waals surface area contributed by atoms with Gasteiger partial charge in [-0.25, -0.2) is 0 Å². The topological polar surface area (TPSA) is 49.3 Å². The molecule has 1 atom stereocenters. The minimum absolute atomic E-state index is 0.305. The highest BCUT2D eigenvalue weighted by atomic mass is 19.4. The Morgan fingerprint density at radius 2 is 1.58 bits per heavy atom. The first kappa shape index (κ1) is 16.5. The van der Waals surface area contributed by atoms with Crippen molar-refractivity contribution in [2.75, 3.05) is 0 Å². The van der Waals surface area contributed by atoms with Gasteiger partial charge in [0.1, 0.15) is 0 Å². The Morgan fingerprint density at radius 3 is 2.12 bits per heavy atom. The van der Waals surface area contributed by atoms with E-state index in [9.17, 15) is 23.1 Å². The van der Waals surface area contributed by atoms with Crippen LogP contribution < -0.4 is 5.32 Å². The summed E-state index contributed by atoms with van der Waals surface area (Å²) < 4.78 is 38.0. The molecule has 3 rings (SSSR count). The van der Waals surface area contributed by atoms with Crippen molar-refractivity contribution in [2.24, 2.45) is 0 Å². The molecule has 0 radical (unpaired) electrons. The molecule has 0 aromatic heterocycles. The summed E-state index contributed by atoms with van der Waals surface area (Å²) in [4.78, 5) is 12.2. The van der Waals surface area contributed by atoms with Gasteiger partial charge in [-0.2, -0.15) is 13.2 Å². The molecule has 0 fully saturated rings. The molecule has 0 aliphatic carbocycles. The highest BCUT2D eigenvalue weighted by Gasteiger charge is 2.33. The first-order valence-corrected chi connectivity index (χ1v) is 7.42. The number of amides is 1. The van der Waals surface area contributed by atoms with Gasteiger partial charge >= 0.3 is 6.18 Å². The van der Waals surface area contributed by atoms with Crippen molar-refractivity contribution in [3.05, 3.63) is 70.3 Å². The van der Waals surface area contributed by atoms with Gasteiger partial charge in [-0.1, -0.05) is 24.3 Å². The Morgan fingerprint density at radius 1 is 1.00 bits per heavy atom. The Kier molecular flexibility index (Phi) is 3.68. The lowest BCUT2D eigenvalue weighted by Crippen LogP contribution is -2.20. The molecule has 2 aromatic carbocycles. The Bertz CT molecular complexity index is 789. The van der Waals surface area contributed by atoms with Gasteiger partial charge in [0.2, 0.25) is 0 Å². The van der Waals surface area contributed by atoms with Crippen LogP contribution in [0.15, 0.2) is 42.5 Å². The molecule has 0 bridgehead atoms. The fourth-order valence-electron chi connectivity index (χ4n) is 2.80. The maximum atomic E-state index is 12.7. The first-order valence-electron chi connectivity index (χ1n) is 7.42. The van der Waals surface area contributed by atoms with E-state index in [1.54, 1.807) is 32.0 Å². The van der Waals surface area contributed by atoms with Gasteiger partial charge in [-0.15, -0.1) is 0 Å². The number of hydrogen-bond acceptors (Lipinski definition) is 2. The highest BCUT2D eigenvalue weighted by Crippen LogP contribution is 2.35. The minimum atomic E-state index is -4.39. The number of aliphatic hydroxyl groups is 1. The second kappa shape index (κ2) is 5.34. The van der Waals surface area contributed by atoms with Crippen LogP contribution in [-0.4, -0.2) is 11.0 Å². The maximum absolute atomic E-state index is 12.7. The number of fused-ring (bicyclic) bond motifs is 1. The van der Waals surface area contributed by atoms with E-state index in [4.69, 9.17) is 0 Å². The van der Waals surface area contributed by atoms with Crippen LogP contribution in [0, 0.1) is 0 Å². The number of carbonyl (C=O) groups is 1. The molecule has 2 aromatic rings. The molecule has 126 valence electrons. The van der Waals surface area contributed by atoms with Crippen LogP contribution in [0.2, 0.25) is 0 Å². The molecule has 1 aliphatic rings. The Labute approximate surface area is 137 Å². The smallest absolute Gasteiger partial charge is 0.386 e. The molecule has 3 nitrogen and oxygen atoms in total. The van der Waals surface area contributed by atoms with E-state index in [0.717, 1.165) is 12.1 Å². The summed E-state index contributed by atoms with van der Waals surface area (Å²) in [7, 11) is 0. The molecule has 24 heavy (non-hydrogen) atoms. The van der Waals surface area contributed by atoms with Crippen molar-refractivity contribution in [1.82, 2.24) is 5.32 Å². The van der Waals surface area contributed by atoms with E-state index in [-0.39, 0.29) is 5.91 Å². The lowest BCUT2D eigenvalue weighted by molar-refractivity contribution is -0.137. The number of benzene rings is 2. The normalized spacial score (nSPS) is 17.6. The summed E-state index contributed by atoms with van der Waals surface area (Å²) >= 11 is 0. The monoisotopic (exact) mass is 335 g/mol. The van der Waals surface area contributed by atoms with Gasteiger partial charge < -0.3 is 10.4 Å². The van der Waals surface area contributed by atoms with Crippen LogP contribution in [0.25, 0.3) is 0 Å². The van der Waals surface area contributed by atoms with Crippen molar-refractivity contribution < 1.29 is 23.1 Å². The lowest BCUT2D eigenvalue weighted by atomic mass is 9.91. The second-order valence-electron chi connectivity index (χ2n) is 6.39. The molecule has 2 N–H and O–H groups in total. The van der Waals surface area contributed by atoms with Crippen LogP contribution >= 0.6 is 0 Å². The van der Waals surface area contributed by atoms with Gasteiger partial charge in [0.05, 0.1) is 17.2 Å². The predicted molar refractivity (Wildman–Crippen MR) is 82.4 cm³/mol. The third-order valence-corrected chi connectivity index (χ3v) is 4.16. The van der Waals surface area contributed by atoms with Gasteiger partial charge in [0.25, 0.3) is 5.91 Å². The van der Waals surface area contributed by atoms with Crippen LogP contribution in [0.3, 0.4) is 0 Å². The van der Waals surface area contributed by atoms with E-state index in [1.807, 2.05) is 0 Å². The molecular weight excluding hydrogens is 319 g/mol. The Balaban J connectivity index is 1.98. The summed E-state index contributed by atoms with van der Waals surface area (Å²) in [5.41, 5.74) is 0.484. The summed E-state index contributed by atoms with van der Waals surface area (Å²) in [6, 6.07) is 9.31. The molecular formula is C18H16F3NO2. The molecule has 0 saturated carbocycles. The first-order chi connectivity index (χ1) is 11.1. The lowest BCUT2D eigenvalue weighted by Gasteiger charge is -2.19. The number of rotatable bonds is 2. The van der Waals surface area contributed by atoms with E-state index in [1.165, 1.54) is 12.1 Å². The van der Waals surface area contributed by atoms with Crippen molar-refractivity contribution in [1.29, 1.82) is 0 Å². The fraction of sp³-hybridized carbons (Fsp3) is 0.278. The van der Waals surface area contributed by atoms with Crippen molar-refractivity contribution >= 4 is 5.91 Å². The van der Waals surface area contributed by atoms with Crippen LogP contribution in [0.4, 0.5) is 13.2 Å². The largest absolute Gasteiger partial charge is 0.416 e. The third kappa shape index (κ3) is 2.89. The highest BCUT2D eigenvalue weighted by molar-refractivity contribution is 6.00. The van der Waals surface area contributed by atoms with Crippen molar-refractivity contribution in [3.8, 4) is 0 Å². The average molecular weight is 335 g/mol. The summed E-state index contributed by atoms with van der Waals surface area (Å²) in [5.74, 6) is -0.305. The molecule has 6 heteroatoms. The third-order valence-electron chi connectivity index (χ3n) is 4.16. The number of nitrogens with one attached hydrogen (secondary N) is 1. The minimum Gasteiger partial charge on any atom is -0.386 e. The van der Waals surface area contributed by atoms with Crippen molar-refractivity contribution in [3.63, 3.8) is 0 Å². The van der Waals surface area contributed by atoms with Crippen molar-refractivity contribution in [2.45, 2.75) is 31.7 Å². The predicted octanol–water partition coefficient (Wildman–Crippen LogP) is 3.77. The average Bonchev–Trinajstić information content (AvgIpc) is 2.82. The SMILES string of the molecule is CC(C)(O)c1ccc2c(c1)C(=O)NC2c1ccc(C(F)(F)F)cc1.